The Bertz CT molecular complexity index is 390. The van der Waals surface area contributed by atoms with Crippen LogP contribution in [0.3, 0.4) is 0 Å². The summed E-state index contributed by atoms with van der Waals surface area (Å²) >= 11 is 5.76. The Balaban J connectivity index is 2.07. The maximum Gasteiger partial charge on any atom is 0.225 e. The first-order valence-corrected chi connectivity index (χ1v) is 6.23. The summed E-state index contributed by atoms with van der Waals surface area (Å²) in [7, 11) is 0. The molecule has 17 heavy (non-hydrogen) atoms. The number of ether oxygens (including phenoxy) is 2. The van der Waals surface area contributed by atoms with Crippen molar-refractivity contribution in [2.75, 3.05) is 0 Å². The Labute approximate surface area is 106 Å². The predicted molar refractivity (Wildman–Crippen MR) is 65.4 cm³/mol. The monoisotopic (exact) mass is 256 g/mol. The standard InChI is InChI=1S/C12H17ClN2O2/c1-7-6-14-12(13)15-11(7)17-10-4-8(2)16-9(3)5-10/h6,8-10H,4-5H2,1-3H3. The number of hydrogen-bond acceptors (Lipinski definition) is 4. The summed E-state index contributed by atoms with van der Waals surface area (Å²) < 4.78 is 11.6. The van der Waals surface area contributed by atoms with Crippen molar-refractivity contribution in [1.82, 2.24) is 9.97 Å². The summed E-state index contributed by atoms with van der Waals surface area (Å²) in [4.78, 5) is 8.02. The molecule has 0 saturated carbocycles. The Morgan fingerprint density at radius 2 is 2.00 bits per heavy atom. The zero-order valence-electron chi connectivity index (χ0n) is 10.3. The second-order valence-corrected chi connectivity index (χ2v) is 4.93. The first-order valence-electron chi connectivity index (χ1n) is 5.86. The molecule has 2 heterocycles. The fraction of sp³-hybridized carbons (Fsp3) is 0.667. The van der Waals surface area contributed by atoms with Crippen LogP contribution in [-0.4, -0.2) is 28.3 Å². The van der Waals surface area contributed by atoms with Crippen LogP contribution >= 0.6 is 11.6 Å². The van der Waals surface area contributed by atoms with E-state index in [4.69, 9.17) is 21.1 Å². The second-order valence-electron chi connectivity index (χ2n) is 4.60. The minimum atomic E-state index is 0.137. The molecular weight excluding hydrogens is 240 g/mol. The predicted octanol–water partition coefficient (Wildman–Crippen LogP) is 2.77. The van der Waals surface area contributed by atoms with E-state index in [0.717, 1.165) is 18.4 Å². The van der Waals surface area contributed by atoms with Crippen molar-refractivity contribution in [3.63, 3.8) is 0 Å². The molecular formula is C12H17ClN2O2. The molecule has 0 aliphatic carbocycles. The largest absolute Gasteiger partial charge is 0.474 e. The van der Waals surface area contributed by atoms with Gasteiger partial charge in [-0.05, 0) is 32.4 Å². The third-order valence-corrected chi connectivity index (χ3v) is 3.01. The molecule has 2 unspecified atom stereocenters. The minimum absolute atomic E-state index is 0.137. The Kier molecular flexibility index (Phi) is 3.84. The van der Waals surface area contributed by atoms with Gasteiger partial charge in [-0.15, -0.1) is 0 Å². The highest BCUT2D eigenvalue weighted by Gasteiger charge is 2.26. The molecule has 0 spiro atoms. The average molecular weight is 257 g/mol. The lowest BCUT2D eigenvalue weighted by Crippen LogP contribution is -2.36. The van der Waals surface area contributed by atoms with Gasteiger partial charge >= 0.3 is 0 Å². The molecule has 0 bridgehead atoms. The topological polar surface area (TPSA) is 44.2 Å². The Morgan fingerprint density at radius 3 is 2.65 bits per heavy atom. The van der Waals surface area contributed by atoms with Gasteiger partial charge in [0.2, 0.25) is 11.2 Å². The number of rotatable bonds is 2. The lowest BCUT2D eigenvalue weighted by molar-refractivity contribution is -0.0731. The lowest BCUT2D eigenvalue weighted by atomic mass is 10.0. The summed E-state index contributed by atoms with van der Waals surface area (Å²) in [6, 6.07) is 0. The molecule has 0 amide bonds. The van der Waals surface area contributed by atoms with Gasteiger partial charge in [0.1, 0.15) is 6.10 Å². The Hall–Kier alpha value is -0.870. The number of hydrogen-bond donors (Lipinski definition) is 0. The smallest absolute Gasteiger partial charge is 0.225 e. The lowest BCUT2D eigenvalue weighted by Gasteiger charge is -2.32. The van der Waals surface area contributed by atoms with E-state index in [9.17, 15) is 0 Å². The molecule has 1 aromatic rings. The zero-order chi connectivity index (χ0) is 12.4. The SMILES string of the molecule is Cc1cnc(Cl)nc1OC1CC(C)OC(C)C1. The van der Waals surface area contributed by atoms with E-state index < -0.39 is 0 Å². The number of aromatic nitrogens is 2. The second kappa shape index (κ2) is 5.19. The van der Waals surface area contributed by atoms with Crippen molar-refractivity contribution in [3.8, 4) is 5.88 Å². The summed E-state index contributed by atoms with van der Waals surface area (Å²) in [5.41, 5.74) is 0.904. The van der Waals surface area contributed by atoms with Gasteiger partial charge < -0.3 is 9.47 Å². The summed E-state index contributed by atoms with van der Waals surface area (Å²) in [5.74, 6) is 0.580. The molecule has 2 atom stereocenters. The van der Waals surface area contributed by atoms with Gasteiger partial charge in [0.05, 0.1) is 12.2 Å². The molecule has 0 N–H and O–H groups in total. The third-order valence-electron chi connectivity index (χ3n) is 2.83. The van der Waals surface area contributed by atoms with Gasteiger partial charge in [-0.2, -0.15) is 4.98 Å². The van der Waals surface area contributed by atoms with Crippen molar-refractivity contribution in [3.05, 3.63) is 17.0 Å². The molecule has 1 aliphatic heterocycles. The highest BCUT2D eigenvalue weighted by atomic mass is 35.5. The van der Waals surface area contributed by atoms with Gasteiger partial charge in [0.15, 0.2) is 0 Å². The molecule has 0 radical (unpaired) electrons. The van der Waals surface area contributed by atoms with Crippen molar-refractivity contribution in [2.24, 2.45) is 0 Å². The van der Waals surface area contributed by atoms with Crippen molar-refractivity contribution >= 4 is 11.6 Å². The van der Waals surface area contributed by atoms with Gasteiger partial charge in [-0.3, -0.25) is 0 Å². The van der Waals surface area contributed by atoms with Gasteiger partial charge in [0, 0.05) is 24.6 Å². The number of halogens is 1. The van der Waals surface area contributed by atoms with Crippen LogP contribution in [-0.2, 0) is 4.74 Å². The maximum atomic E-state index is 5.89. The van der Waals surface area contributed by atoms with Gasteiger partial charge in [-0.1, -0.05) is 0 Å². The van der Waals surface area contributed by atoms with Crippen LogP contribution < -0.4 is 4.74 Å². The van der Waals surface area contributed by atoms with Crippen LogP contribution in [0.2, 0.25) is 5.28 Å². The average Bonchev–Trinajstić information content (AvgIpc) is 2.22. The minimum Gasteiger partial charge on any atom is -0.474 e. The third kappa shape index (κ3) is 3.30. The van der Waals surface area contributed by atoms with E-state index in [1.54, 1.807) is 6.20 Å². The number of aryl methyl sites for hydroxylation is 1. The first-order chi connectivity index (χ1) is 8.04. The van der Waals surface area contributed by atoms with Crippen LogP contribution in [0.15, 0.2) is 6.20 Å². The molecule has 1 aliphatic rings. The summed E-state index contributed by atoms with van der Waals surface area (Å²) in [6.45, 7) is 6.04. The van der Waals surface area contributed by atoms with E-state index in [1.165, 1.54) is 0 Å². The molecule has 2 rings (SSSR count). The van der Waals surface area contributed by atoms with E-state index in [-0.39, 0.29) is 23.6 Å². The summed E-state index contributed by atoms with van der Waals surface area (Å²) in [6.07, 6.45) is 4.02. The van der Waals surface area contributed by atoms with Crippen LogP contribution in [0.4, 0.5) is 0 Å². The number of nitrogens with zero attached hydrogens (tertiary/aromatic N) is 2. The molecule has 4 nitrogen and oxygen atoms in total. The molecule has 94 valence electrons. The first kappa shape index (κ1) is 12.6. The molecule has 0 aromatic carbocycles. The van der Waals surface area contributed by atoms with Crippen molar-refractivity contribution in [1.29, 1.82) is 0 Å². The van der Waals surface area contributed by atoms with Crippen LogP contribution in [0.25, 0.3) is 0 Å². The van der Waals surface area contributed by atoms with E-state index in [0.29, 0.717) is 5.88 Å². The quantitative estimate of drug-likeness (QED) is 0.764. The Morgan fingerprint density at radius 1 is 1.35 bits per heavy atom. The maximum absolute atomic E-state index is 5.89. The normalized spacial score (nSPS) is 29.1. The van der Waals surface area contributed by atoms with Crippen molar-refractivity contribution in [2.45, 2.75) is 51.9 Å². The zero-order valence-corrected chi connectivity index (χ0v) is 11.1. The van der Waals surface area contributed by atoms with E-state index >= 15 is 0 Å². The molecule has 5 heteroatoms. The van der Waals surface area contributed by atoms with Crippen molar-refractivity contribution < 1.29 is 9.47 Å². The highest BCUT2D eigenvalue weighted by Crippen LogP contribution is 2.25. The highest BCUT2D eigenvalue weighted by molar-refractivity contribution is 6.28. The fourth-order valence-electron chi connectivity index (χ4n) is 2.12. The molecule has 1 saturated heterocycles. The van der Waals surface area contributed by atoms with Crippen LogP contribution in [0, 0.1) is 6.92 Å². The molecule has 1 fully saturated rings. The van der Waals surface area contributed by atoms with Gasteiger partial charge in [0.25, 0.3) is 0 Å². The molecule has 1 aromatic heterocycles. The summed E-state index contributed by atoms with van der Waals surface area (Å²) in [5, 5.41) is 0.221. The van der Waals surface area contributed by atoms with Crippen LogP contribution in [0.5, 0.6) is 5.88 Å². The van der Waals surface area contributed by atoms with E-state index in [1.807, 2.05) is 6.92 Å². The van der Waals surface area contributed by atoms with Gasteiger partial charge in [-0.25, -0.2) is 4.98 Å². The van der Waals surface area contributed by atoms with E-state index in [2.05, 4.69) is 23.8 Å². The fourth-order valence-corrected chi connectivity index (χ4v) is 2.25. The van der Waals surface area contributed by atoms with Crippen LogP contribution in [0.1, 0.15) is 32.3 Å².